The Bertz CT molecular complexity index is 727. The van der Waals surface area contributed by atoms with Gasteiger partial charge in [0.15, 0.2) is 0 Å². The second-order valence-electron chi connectivity index (χ2n) is 6.65. The number of pyridine rings is 1. The lowest BCUT2D eigenvalue weighted by Crippen LogP contribution is -2.47. The summed E-state index contributed by atoms with van der Waals surface area (Å²) in [5, 5.41) is 3.33. The number of nitrogens with zero attached hydrogens (tertiary/aromatic N) is 3. The number of rotatable bonds is 6. The number of hydrogen-bond donors (Lipinski definition) is 1. The van der Waals surface area contributed by atoms with Crippen molar-refractivity contribution in [3.05, 3.63) is 58.9 Å². The highest BCUT2D eigenvalue weighted by atomic mass is 35.5. The van der Waals surface area contributed by atoms with Crippen LogP contribution in [0.1, 0.15) is 22.3 Å². The van der Waals surface area contributed by atoms with Crippen molar-refractivity contribution in [2.75, 3.05) is 44.2 Å². The van der Waals surface area contributed by atoms with Gasteiger partial charge in [-0.25, -0.2) is 4.98 Å². The van der Waals surface area contributed by atoms with E-state index in [-0.39, 0.29) is 5.91 Å². The van der Waals surface area contributed by atoms with Crippen molar-refractivity contribution in [1.82, 2.24) is 15.2 Å². The maximum atomic E-state index is 12.0. The van der Waals surface area contributed by atoms with E-state index in [0.717, 1.165) is 39.1 Å². The van der Waals surface area contributed by atoms with Crippen molar-refractivity contribution in [3.63, 3.8) is 0 Å². The average Bonchev–Trinajstić information content (AvgIpc) is 2.66. The minimum atomic E-state index is -0.0987. The van der Waals surface area contributed by atoms with Crippen molar-refractivity contribution in [2.24, 2.45) is 0 Å². The Labute approximate surface area is 160 Å². The van der Waals surface area contributed by atoms with E-state index in [2.05, 4.69) is 51.3 Å². The minimum Gasteiger partial charge on any atom is -0.369 e. The molecule has 138 valence electrons. The topological polar surface area (TPSA) is 48.5 Å². The van der Waals surface area contributed by atoms with Gasteiger partial charge < -0.3 is 10.2 Å². The Hall–Kier alpha value is -2.11. The maximum Gasteiger partial charge on any atom is 0.252 e. The van der Waals surface area contributed by atoms with Crippen molar-refractivity contribution in [1.29, 1.82) is 0 Å². The molecule has 0 radical (unpaired) electrons. The minimum absolute atomic E-state index is 0.0987. The van der Waals surface area contributed by atoms with E-state index < -0.39 is 0 Å². The summed E-state index contributed by atoms with van der Waals surface area (Å²) in [4.78, 5) is 20.9. The molecule has 0 aliphatic carbocycles. The molecule has 2 aromatic rings. The zero-order chi connectivity index (χ0) is 18.4. The first-order chi connectivity index (χ1) is 12.6. The monoisotopic (exact) mass is 372 g/mol. The van der Waals surface area contributed by atoms with Crippen LogP contribution in [0.25, 0.3) is 0 Å². The molecule has 1 aliphatic rings. The predicted octanol–water partition coefficient (Wildman–Crippen LogP) is 2.99. The van der Waals surface area contributed by atoms with Crippen LogP contribution in [-0.2, 0) is 0 Å². The second-order valence-corrected chi connectivity index (χ2v) is 7.03. The molecule has 1 fully saturated rings. The highest BCUT2D eigenvalue weighted by Crippen LogP contribution is 2.17. The molecule has 0 saturated carbocycles. The Morgan fingerprint density at radius 3 is 2.69 bits per heavy atom. The molecule has 1 aliphatic heterocycles. The quantitative estimate of drug-likeness (QED) is 0.625. The summed E-state index contributed by atoms with van der Waals surface area (Å²) in [5.41, 5.74) is 3.16. The molecular weight excluding hydrogens is 348 g/mol. The van der Waals surface area contributed by atoms with Gasteiger partial charge in [0.1, 0.15) is 5.15 Å². The molecule has 0 atom stereocenters. The van der Waals surface area contributed by atoms with Crippen molar-refractivity contribution < 1.29 is 4.79 Å². The van der Waals surface area contributed by atoms with Crippen LogP contribution in [0.5, 0.6) is 0 Å². The summed E-state index contributed by atoms with van der Waals surface area (Å²) in [7, 11) is 0. The highest BCUT2D eigenvalue weighted by molar-refractivity contribution is 6.29. The average molecular weight is 373 g/mol. The number of amides is 1. The molecule has 5 nitrogen and oxygen atoms in total. The zero-order valence-corrected chi connectivity index (χ0v) is 15.9. The normalized spacial score (nSPS) is 15.1. The molecule has 26 heavy (non-hydrogen) atoms. The predicted molar refractivity (Wildman–Crippen MR) is 106 cm³/mol. The molecule has 1 aromatic heterocycles. The summed E-state index contributed by atoms with van der Waals surface area (Å²) >= 11 is 5.73. The molecular formula is C20H25ClN4O. The number of nitrogens with one attached hydrogen (secondary N) is 1. The highest BCUT2D eigenvalue weighted by Gasteiger charge is 2.16. The van der Waals surface area contributed by atoms with Gasteiger partial charge in [-0.1, -0.05) is 23.7 Å². The van der Waals surface area contributed by atoms with Gasteiger partial charge >= 0.3 is 0 Å². The number of carbonyl (C=O) groups is 1. The third-order valence-electron chi connectivity index (χ3n) is 4.67. The van der Waals surface area contributed by atoms with E-state index in [1.54, 1.807) is 12.1 Å². The Morgan fingerprint density at radius 1 is 1.19 bits per heavy atom. The largest absolute Gasteiger partial charge is 0.369 e. The maximum absolute atomic E-state index is 12.0. The van der Waals surface area contributed by atoms with Gasteiger partial charge in [-0.05, 0) is 49.7 Å². The van der Waals surface area contributed by atoms with Gasteiger partial charge in [-0.3, -0.25) is 9.69 Å². The number of hydrogen-bond acceptors (Lipinski definition) is 4. The smallest absolute Gasteiger partial charge is 0.252 e. The molecule has 1 saturated heterocycles. The lowest BCUT2D eigenvalue weighted by molar-refractivity contribution is 0.0951. The zero-order valence-electron chi connectivity index (χ0n) is 15.1. The number of piperazine rings is 1. The van der Waals surface area contributed by atoms with Crippen molar-refractivity contribution in [3.8, 4) is 0 Å². The molecule has 2 heterocycles. The third kappa shape index (κ3) is 5.19. The lowest BCUT2D eigenvalue weighted by atomic mass is 10.2. The summed E-state index contributed by atoms with van der Waals surface area (Å²) in [5.74, 6) is -0.0987. The Balaban J connectivity index is 1.35. The van der Waals surface area contributed by atoms with Crippen LogP contribution in [0.15, 0.2) is 42.6 Å². The number of anilines is 1. The van der Waals surface area contributed by atoms with E-state index in [0.29, 0.717) is 17.3 Å². The van der Waals surface area contributed by atoms with E-state index in [1.807, 2.05) is 0 Å². The molecule has 0 bridgehead atoms. The van der Waals surface area contributed by atoms with Crippen LogP contribution >= 0.6 is 11.6 Å². The Kier molecular flexibility index (Phi) is 6.47. The second kappa shape index (κ2) is 9.01. The van der Waals surface area contributed by atoms with Crippen molar-refractivity contribution >= 4 is 23.2 Å². The summed E-state index contributed by atoms with van der Waals surface area (Å²) in [6.45, 7) is 8.01. The molecule has 1 aromatic carbocycles. The molecule has 0 spiro atoms. The van der Waals surface area contributed by atoms with Crippen LogP contribution in [-0.4, -0.2) is 55.1 Å². The van der Waals surface area contributed by atoms with Crippen LogP contribution in [0, 0.1) is 6.92 Å². The summed E-state index contributed by atoms with van der Waals surface area (Å²) in [6.07, 6.45) is 2.44. The van der Waals surface area contributed by atoms with E-state index in [9.17, 15) is 4.79 Å². The molecule has 1 N–H and O–H groups in total. The molecule has 0 unspecified atom stereocenters. The van der Waals surface area contributed by atoms with E-state index >= 15 is 0 Å². The number of carbonyl (C=O) groups excluding carboxylic acids is 1. The number of halogens is 1. The fourth-order valence-corrected chi connectivity index (χ4v) is 3.28. The number of benzene rings is 1. The SMILES string of the molecule is Cc1cccc(N2CCN(CCCNC(=O)c3ccc(Cl)nc3)CC2)c1. The Morgan fingerprint density at radius 2 is 2.00 bits per heavy atom. The van der Waals surface area contributed by atoms with Crippen LogP contribution in [0.3, 0.4) is 0 Å². The van der Waals surface area contributed by atoms with Gasteiger partial charge in [0.25, 0.3) is 5.91 Å². The van der Waals surface area contributed by atoms with Gasteiger partial charge in [0.05, 0.1) is 5.56 Å². The first-order valence-electron chi connectivity index (χ1n) is 9.05. The molecule has 3 rings (SSSR count). The van der Waals surface area contributed by atoms with Crippen LogP contribution in [0.4, 0.5) is 5.69 Å². The first-order valence-corrected chi connectivity index (χ1v) is 9.43. The van der Waals surface area contributed by atoms with Gasteiger partial charge in [0, 0.05) is 44.6 Å². The van der Waals surface area contributed by atoms with Crippen LogP contribution in [0.2, 0.25) is 5.15 Å². The van der Waals surface area contributed by atoms with E-state index in [4.69, 9.17) is 11.6 Å². The number of aromatic nitrogens is 1. The van der Waals surface area contributed by atoms with Crippen molar-refractivity contribution in [2.45, 2.75) is 13.3 Å². The van der Waals surface area contributed by atoms with Gasteiger partial charge in [0.2, 0.25) is 0 Å². The fourth-order valence-electron chi connectivity index (χ4n) is 3.17. The van der Waals surface area contributed by atoms with E-state index in [1.165, 1.54) is 17.4 Å². The van der Waals surface area contributed by atoms with Gasteiger partial charge in [-0.15, -0.1) is 0 Å². The standard InChI is InChI=1S/C20H25ClN4O/c1-16-4-2-5-18(14-16)25-12-10-24(11-13-25)9-3-8-22-20(26)17-6-7-19(21)23-15-17/h2,4-7,14-15H,3,8-13H2,1H3,(H,22,26). The fraction of sp³-hybridized carbons (Fsp3) is 0.400. The van der Waals surface area contributed by atoms with Crippen LogP contribution < -0.4 is 10.2 Å². The molecule has 6 heteroatoms. The molecule has 1 amide bonds. The summed E-state index contributed by atoms with van der Waals surface area (Å²) < 4.78 is 0. The lowest BCUT2D eigenvalue weighted by Gasteiger charge is -2.36. The number of aryl methyl sites for hydroxylation is 1. The van der Waals surface area contributed by atoms with Gasteiger partial charge in [-0.2, -0.15) is 0 Å². The third-order valence-corrected chi connectivity index (χ3v) is 4.89. The first kappa shape index (κ1) is 18.7. The summed E-state index contributed by atoms with van der Waals surface area (Å²) in [6, 6.07) is 12.0.